The van der Waals surface area contributed by atoms with E-state index in [0.717, 1.165) is 25.1 Å². The van der Waals surface area contributed by atoms with Gasteiger partial charge in [-0.05, 0) is 12.8 Å². The molecule has 1 N–H and O–H groups in total. The van der Waals surface area contributed by atoms with Gasteiger partial charge in [-0.15, -0.1) is 13.2 Å². The molecule has 1 fully saturated rings. The van der Waals surface area contributed by atoms with Gasteiger partial charge >= 0.3 is 6.36 Å². The molecule has 0 radical (unpaired) electrons. The Morgan fingerprint density at radius 3 is 2.60 bits per heavy atom. The third-order valence-electron chi connectivity index (χ3n) is 2.06. The maximum Gasteiger partial charge on any atom is 0.573 e. The average Bonchev–Trinajstić information content (AvgIpc) is 2.84. The first-order valence-electron chi connectivity index (χ1n) is 4.40. The van der Waals surface area contributed by atoms with Crippen molar-refractivity contribution in [2.45, 2.75) is 25.1 Å². The molecule has 6 heteroatoms. The van der Waals surface area contributed by atoms with Crippen LogP contribution in [0.3, 0.4) is 0 Å². The van der Waals surface area contributed by atoms with Crippen LogP contribution in [0.25, 0.3) is 0 Å². The van der Waals surface area contributed by atoms with Crippen LogP contribution in [0.15, 0.2) is 12.3 Å². The molecule has 1 saturated carbocycles. The number of alkyl halides is 3. The summed E-state index contributed by atoms with van der Waals surface area (Å²) in [5.41, 5.74) is 0.269. The fraction of sp³-hybridized carbons (Fsp3) is 0.444. The Hall–Kier alpha value is -1.46. The summed E-state index contributed by atoms with van der Waals surface area (Å²) in [5.74, 6) is -0.702. The molecule has 0 amide bonds. The fourth-order valence-corrected chi connectivity index (χ4v) is 1.31. The number of aromatic nitrogens is 1. The highest BCUT2D eigenvalue weighted by Gasteiger charge is 2.36. The minimum atomic E-state index is -4.75. The number of pyridine rings is 1. The standard InChI is InChI=1S/C9H8F3NO2/c10-9(11,12)15-7-3-6(14)4-13-8(7)5-1-2-5/h3-5,14H,1-2H2. The second-order valence-electron chi connectivity index (χ2n) is 3.40. The first-order valence-corrected chi connectivity index (χ1v) is 4.40. The molecule has 1 aromatic heterocycles. The zero-order valence-electron chi connectivity index (χ0n) is 7.58. The normalized spacial score (nSPS) is 16.5. The van der Waals surface area contributed by atoms with Gasteiger partial charge in [0.15, 0.2) is 5.75 Å². The van der Waals surface area contributed by atoms with Crippen LogP contribution in [-0.2, 0) is 0 Å². The number of nitrogens with zero attached hydrogens (tertiary/aromatic N) is 1. The SMILES string of the molecule is Oc1cnc(C2CC2)c(OC(F)(F)F)c1. The molecule has 3 nitrogen and oxygen atoms in total. The van der Waals surface area contributed by atoms with E-state index in [4.69, 9.17) is 5.11 Å². The second kappa shape index (κ2) is 3.29. The molecule has 82 valence electrons. The van der Waals surface area contributed by atoms with Crippen molar-refractivity contribution in [1.29, 1.82) is 0 Å². The number of hydrogen-bond acceptors (Lipinski definition) is 3. The van der Waals surface area contributed by atoms with Gasteiger partial charge in [0.1, 0.15) is 5.75 Å². The molecule has 0 aliphatic heterocycles. The Balaban J connectivity index is 2.30. The molecule has 1 aliphatic carbocycles. The summed E-state index contributed by atoms with van der Waals surface area (Å²) in [6, 6.07) is 0.939. The summed E-state index contributed by atoms with van der Waals surface area (Å²) in [7, 11) is 0. The van der Waals surface area contributed by atoms with Gasteiger partial charge in [0.25, 0.3) is 0 Å². The van der Waals surface area contributed by atoms with E-state index in [9.17, 15) is 13.2 Å². The smallest absolute Gasteiger partial charge is 0.506 e. The van der Waals surface area contributed by atoms with Crippen molar-refractivity contribution in [2.75, 3.05) is 0 Å². The largest absolute Gasteiger partial charge is 0.573 e. The topological polar surface area (TPSA) is 42.4 Å². The average molecular weight is 219 g/mol. The van der Waals surface area contributed by atoms with E-state index in [2.05, 4.69) is 9.72 Å². The van der Waals surface area contributed by atoms with Crippen molar-refractivity contribution in [2.24, 2.45) is 0 Å². The van der Waals surface area contributed by atoms with Gasteiger partial charge in [0.05, 0.1) is 11.9 Å². The highest BCUT2D eigenvalue weighted by atomic mass is 19.4. The number of hydrogen-bond donors (Lipinski definition) is 1. The van der Waals surface area contributed by atoms with E-state index in [1.165, 1.54) is 0 Å². The maximum absolute atomic E-state index is 12.0. The molecule has 15 heavy (non-hydrogen) atoms. The van der Waals surface area contributed by atoms with Crippen molar-refractivity contribution >= 4 is 0 Å². The second-order valence-corrected chi connectivity index (χ2v) is 3.40. The van der Waals surface area contributed by atoms with Gasteiger partial charge in [-0.3, -0.25) is 4.98 Å². The summed E-state index contributed by atoms with van der Waals surface area (Å²) in [6.45, 7) is 0. The molecule has 0 unspecified atom stereocenters. The van der Waals surface area contributed by atoms with Gasteiger partial charge in [0.2, 0.25) is 0 Å². The number of rotatable bonds is 2. The quantitative estimate of drug-likeness (QED) is 0.831. The summed E-state index contributed by atoms with van der Waals surface area (Å²) >= 11 is 0. The summed E-state index contributed by atoms with van der Waals surface area (Å²) in [5, 5.41) is 9.03. The maximum atomic E-state index is 12.0. The summed E-state index contributed by atoms with van der Waals surface area (Å²) in [6.07, 6.45) is -2.01. The van der Waals surface area contributed by atoms with Crippen LogP contribution in [-0.4, -0.2) is 16.5 Å². The van der Waals surface area contributed by atoms with Crippen LogP contribution >= 0.6 is 0 Å². The number of aromatic hydroxyl groups is 1. The Labute approximate surface area is 83.5 Å². The Bertz CT molecular complexity index is 374. The molecule has 1 aromatic rings. The zero-order valence-corrected chi connectivity index (χ0v) is 7.58. The lowest BCUT2D eigenvalue weighted by Gasteiger charge is -2.12. The van der Waals surface area contributed by atoms with Crippen LogP contribution in [0.2, 0.25) is 0 Å². The Morgan fingerprint density at radius 1 is 1.40 bits per heavy atom. The van der Waals surface area contributed by atoms with Crippen molar-refractivity contribution in [3.8, 4) is 11.5 Å². The fourth-order valence-electron chi connectivity index (χ4n) is 1.31. The molecule has 1 heterocycles. The third kappa shape index (κ3) is 2.51. The van der Waals surface area contributed by atoms with Crippen LogP contribution < -0.4 is 4.74 Å². The Morgan fingerprint density at radius 2 is 2.07 bits per heavy atom. The molecule has 2 rings (SSSR count). The minimum absolute atomic E-state index is 0.0305. The summed E-state index contributed by atoms with van der Waals surface area (Å²) < 4.78 is 39.8. The predicted molar refractivity (Wildman–Crippen MR) is 44.6 cm³/mol. The van der Waals surface area contributed by atoms with Crippen molar-refractivity contribution in [3.63, 3.8) is 0 Å². The monoisotopic (exact) mass is 219 g/mol. The van der Waals surface area contributed by atoms with E-state index >= 15 is 0 Å². The van der Waals surface area contributed by atoms with Crippen molar-refractivity contribution in [1.82, 2.24) is 4.98 Å². The number of halogens is 3. The molecule has 0 bridgehead atoms. The van der Waals surface area contributed by atoms with Gasteiger partial charge in [0, 0.05) is 12.0 Å². The van der Waals surface area contributed by atoms with Crippen LogP contribution in [0.1, 0.15) is 24.5 Å². The predicted octanol–water partition coefficient (Wildman–Crippen LogP) is 2.56. The first kappa shape index (κ1) is 10.1. The highest BCUT2D eigenvalue weighted by molar-refractivity contribution is 5.38. The Kier molecular flexibility index (Phi) is 2.21. The first-order chi connectivity index (χ1) is 6.96. The molecular formula is C9H8F3NO2. The van der Waals surface area contributed by atoms with E-state index < -0.39 is 12.1 Å². The molecule has 0 aromatic carbocycles. The minimum Gasteiger partial charge on any atom is -0.506 e. The van der Waals surface area contributed by atoms with Gasteiger partial charge in [-0.1, -0.05) is 0 Å². The van der Waals surface area contributed by atoms with Gasteiger partial charge in [-0.2, -0.15) is 0 Å². The van der Waals surface area contributed by atoms with Gasteiger partial charge < -0.3 is 9.84 Å². The number of ether oxygens (including phenoxy) is 1. The highest BCUT2D eigenvalue weighted by Crippen LogP contribution is 2.44. The van der Waals surface area contributed by atoms with E-state index in [-0.39, 0.29) is 17.4 Å². The van der Waals surface area contributed by atoms with E-state index in [1.807, 2.05) is 0 Å². The lowest BCUT2D eigenvalue weighted by molar-refractivity contribution is -0.275. The molecule has 0 saturated heterocycles. The van der Waals surface area contributed by atoms with Crippen LogP contribution in [0.4, 0.5) is 13.2 Å². The van der Waals surface area contributed by atoms with Crippen molar-refractivity contribution in [3.05, 3.63) is 18.0 Å². The van der Waals surface area contributed by atoms with E-state index in [0.29, 0.717) is 0 Å². The zero-order chi connectivity index (χ0) is 11.1. The lowest BCUT2D eigenvalue weighted by Crippen LogP contribution is -2.18. The molecule has 0 spiro atoms. The van der Waals surface area contributed by atoms with Crippen LogP contribution in [0, 0.1) is 0 Å². The molecule has 1 aliphatic rings. The lowest BCUT2D eigenvalue weighted by atomic mass is 10.2. The molecule has 0 atom stereocenters. The van der Waals surface area contributed by atoms with Crippen LogP contribution in [0.5, 0.6) is 11.5 Å². The molecular weight excluding hydrogens is 211 g/mol. The summed E-state index contributed by atoms with van der Waals surface area (Å²) in [4.78, 5) is 3.75. The van der Waals surface area contributed by atoms with Gasteiger partial charge in [-0.25, -0.2) is 0 Å². The third-order valence-corrected chi connectivity index (χ3v) is 2.06. The van der Waals surface area contributed by atoms with E-state index in [1.54, 1.807) is 0 Å². The van der Waals surface area contributed by atoms with Crippen molar-refractivity contribution < 1.29 is 23.0 Å².